The van der Waals surface area contributed by atoms with Gasteiger partial charge in [-0.3, -0.25) is 9.59 Å². The molecule has 4 heterocycles. The van der Waals surface area contributed by atoms with Gasteiger partial charge in [0, 0.05) is 45.8 Å². The molecule has 0 atom stereocenters. The molecule has 2 N–H and O–H groups in total. The molecule has 0 radical (unpaired) electrons. The Bertz CT molecular complexity index is 1150. The summed E-state index contributed by atoms with van der Waals surface area (Å²) in [5, 5.41) is 1.36. The van der Waals surface area contributed by atoms with Crippen molar-refractivity contribution in [2.45, 2.75) is 35.8 Å². The van der Waals surface area contributed by atoms with Gasteiger partial charge in [0.15, 0.2) is 5.78 Å². The number of benzene rings is 1. The van der Waals surface area contributed by atoms with Gasteiger partial charge in [0.1, 0.15) is 9.83 Å². The first-order valence-electron chi connectivity index (χ1n) is 9.72. The third kappa shape index (κ3) is 3.13. The summed E-state index contributed by atoms with van der Waals surface area (Å²) in [4.78, 5) is 34.2. The van der Waals surface area contributed by atoms with Crippen molar-refractivity contribution in [3.63, 3.8) is 0 Å². The number of pyridine rings is 1. The van der Waals surface area contributed by atoms with Crippen LogP contribution in [0.15, 0.2) is 41.3 Å². The lowest BCUT2D eigenvalue weighted by atomic mass is 9.88. The lowest BCUT2D eigenvalue weighted by molar-refractivity contribution is 0.0699. The summed E-state index contributed by atoms with van der Waals surface area (Å²) in [5.74, 6) is 0.190. The second-order valence-corrected chi connectivity index (χ2v) is 10.4. The predicted octanol–water partition coefficient (Wildman–Crippen LogP) is 4.54. The second kappa shape index (κ2) is 6.85. The Hall–Kier alpha value is -2.38. The van der Waals surface area contributed by atoms with Gasteiger partial charge in [0.2, 0.25) is 0 Å². The van der Waals surface area contributed by atoms with Crippen molar-refractivity contribution < 1.29 is 9.59 Å². The zero-order valence-corrected chi connectivity index (χ0v) is 17.7. The van der Waals surface area contributed by atoms with Gasteiger partial charge in [-0.25, -0.2) is 4.98 Å². The molecule has 5 rings (SSSR count). The van der Waals surface area contributed by atoms with Crippen molar-refractivity contribution in [3.05, 3.63) is 53.2 Å². The van der Waals surface area contributed by atoms with Crippen LogP contribution < -0.4 is 5.73 Å². The van der Waals surface area contributed by atoms with E-state index in [2.05, 4.69) is 4.98 Å². The van der Waals surface area contributed by atoms with Crippen molar-refractivity contribution >= 4 is 50.0 Å². The Morgan fingerprint density at radius 1 is 1.17 bits per heavy atom. The molecule has 29 heavy (non-hydrogen) atoms. The highest BCUT2D eigenvalue weighted by Gasteiger charge is 2.42. The first-order chi connectivity index (χ1) is 14.0. The molecule has 3 aromatic rings. The highest BCUT2D eigenvalue weighted by molar-refractivity contribution is 8.01. The van der Waals surface area contributed by atoms with E-state index in [9.17, 15) is 9.59 Å². The minimum atomic E-state index is -0.108. The fourth-order valence-corrected chi connectivity index (χ4v) is 6.78. The van der Waals surface area contributed by atoms with E-state index in [4.69, 9.17) is 5.73 Å². The maximum absolute atomic E-state index is 13.3. The maximum Gasteiger partial charge on any atom is 0.257 e. The van der Waals surface area contributed by atoms with Gasteiger partial charge in [-0.2, -0.15) is 0 Å². The molecule has 1 amide bonds. The molecule has 0 aliphatic carbocycles. The van der Waals surface area contributed by atoms with Crippen LogP contribution in [-0.2, 0) is 0 Å². The van der Waals surface area contributed by atoms with Crippen molar-refractivity contribution in [1.29, 1.82) is 0 Å². The summed E-state index contributed by atoms with van der Waals surface area (Å²) in [5.41, 5.74) is 8.52. The number of rotatable bonds is 1. The molecular formula is C22H21N3O2S2. The molecule has 7 heteroatoms. The van der Waals surface area contributed by atoms with Crippen LogP contribution in [0.4, 0.5) is 5.00 Å². The summed E-state index contributed by atoms with van der Waals surface area (Å²) in [7, 11) is 0. The van der Waals surface area contributed by atoms with E-state index in [1.165, 1.54) is 11.3 Å². The number of carbonyl (C=O) groups excluding carboxylic acids is 2. The first kappa shape index (κ1) is 18.6. The van der Waals surface area contributed by atoms with Crippen molar-refractivity contribution in [3.8, 4) is 0 Å². The fourth-order valence-electron chi connectivity index (χ4n) is 4.31. The van der Waals surface area contributed by atoms with E-state index in [0.717, 1.165) is 39.2 Å². The van der Waals surface area contributed by atoms with Crippen molar-refractivity contribution in [2.75, 3.05) is 18.8 Å². The standard InChI is InChI=1S/C22H21N3O2S2/c1-13-6-7-15-18(19(23)28-20(15)24-13)21(27)25-10-8-22(9-11-25)12-16(26)14-4-2-3-5-17(14)29-22/h2-7H,8-12,23H2,1H3. The molecule has 2 aliphatic rings. The minimum absolute atomic E-state index is 0.0261. The number of carbonyl (C=O) groups is 2. The molecule has 2 aliphatic heterocycles. The van der Waals surface area contributed by atoms with E-state index in [0.29, 0.717) is 30.1 Å². The Morgan fingerprint density at radius 3 is 2.72 bits per heavy atom. The van der Waals surface area contributed by atoms with E-state index in [1.807, 2.05) is 60.0 Å². The Balaban J connectivity index is 1.37. The number of aromatic nitrogens is 1. The number of thiophene rings is 1. The van der Waals surface area contributed by atoms with Gasteiger partial charge in [-0.1, -0.05) is 29.5 Å². The number of nitrogens with two attached hydrogens (primary N) is 1. The average molecular weight is 424 g/mol. The lowest BCUT2D eigenvalue weighted by Crippen LogP contribution is -2.47. The van der Waals surface area contributed by atoms with Crippen LogP contribution in [0, 0.1) is 6.92 Å². The molecule has 1 aromatic carbocycles. The van der Waals surface area contributed by atoms with Crippen LogP contribution in [-0.4, -0.2) is 39.4 Å². The van der Waals surface area contributed by atoms with Gasteiger partial charge < -0.3 is 10.6 Å². The summed E-state index contributed by atoms with van der Waals surface area (Å²) >= 11 is 3.18. The Morgan fingerprint density at radius 2 is 1.93 bits per heavy atom. The molecule has 1 saturated heterocycles. The molecule has 5 nitrogen and oxygen atoms in total. The fraction of sp³-hybridized carbons (Fsp3) is 0.318. The number of Topliss-reactive ketones (excluding diaryl/α,β-unsaturated/α-hetero) is 1. The lowest BCUT2D eigenvalue weighted by Gasteiger charge is -2.43. The predicted molar refractivity (Wildman–Crippen MR) is 118 cm³/mol. The largest absolute Gasteiger partial charge is 0.390 e. The van der Waals surface area contributed by atoms with Gasteiger partial charge in [0.05, 0.1) is 5.56 Å². The van der Waals surface area contributed by atoms with Crippen LogP contribution >= 0.6 is 23.1 Å². The summed E-state index contributed by atoms with van der Waals surface area (Å²) in [6.07, 6.45) is 2.16. The summed E-state index contributed by atoms with van der Waals surface area (Å²) in [6, 6.07) is 11.7. The SMILES string of the molecule is Cc1ccc2c(C(=O)N3CCC4(CC3)CC(=O)c3ccccc3S4)c(N)sc2n1. The number of ketones is 1. The third-order valence-corrected chi connectivity index (χ3v) is 8.38. The van der Waals surface area contributed by atoms with Crippen LogP contribution in [0.25, 0.3) is 10.2 Å². The number of nitrogen functional groups attached to an aromatic ring is 1. The van der Waals surface area contributed by atoms with Gasteiger partial charge in [-0.05, 0) is 38.0 Å². The zero-order valence-electron chi connectivity index (χ0n) is 16.1. The van der Waals surface area contributed by atoms with Crippen LogP contribution in [0.5, 0.6) is 0 Å². The number of anilines is 1. The number of amides is 1. The van der Waals surface area contributed by atoms with Gasteiger partial charge in [-0.15, -0.1) is 11.8 Å². The third-order valence-electron chi connectivity index (χ3n) is 5.89. The molecule has 2 aromatic heterocycles. The molecular weight excluding hydrogens is 402 g/mol. The van der Waals surface area contributed by atoms with Gasteiger partial charge >= 0.3 is 0 Å². The molecule has 1 spiro atoms. The van der Waals surface area contributed by atoms with E-state index in [-0.39, 0.29) is 16.4 Å². The number of hydrogen-bond acceptors (Lipinski definition) is 6. The van der Waals surface area contributed by atoms with Gasteiger partial charge in [0.25, 0.3) is 5.91 Å². The number of fused-ring (bicyclic) bond motifs is 2. The molecule has 1 fully saturated rings. The topological polar surface area (TPSA) is 76.3 Å². The number of piperidine rings is 1. The molecule has 0 unspecified atom stereocenters. The summed E-state index contributed by atoms with van der Waals surface area (Å²) in [6.45, 7) is 3.21. The van der Waals surface area contributed by atoms with E-state index >= 15 is 0 Å². The number of aryl methyl sites for hydroxylation is 1. The second-order valence-electron chi connectivity index (χ2n) is 7.82. The van der Waals surface area contributed by atoms with Crippen LogP contribution in [0.1, 0.15) is 45.7 Å². The molecule has 0 bridgehead atoms. The quantitative estimate of drug-likeness (QED) is 0.622. The highest BCUT2D eigenvalue weighted by atomic mass is 32.2. The average Bonchev–Trinajstić information content (AvgIpc) is 3.02. The smallest absolute Gasteiger partial charge is 0.257 e. The number of likely N-dealkylation sites (tertiary alicyclic amines) is 1. The van der Waals surface area contributed by atoms with E-state index in [1.54, 1.807) is 0 Å². The monoisotopic (exact) mass is 423 g/mol. The minimum Gasteiger partial charge on any atom is -0.390 e. The maximum atomic E-state index is 13.3. The number of thioether (sulfide) groups is 1. The van der Waals surface area contributed by atoms with Crippen molar-refractivity contribution in [1.82, 2.24) is 9.88 Å². The molecule has 0 saturated carbocycles. The Kier molecular flexibility index (Phi) is 4.40. The zero-order chi connectivity index (χ0) is 20.2. The first-order valence-corrected chi connectivity index (χ1v) is 11.4. The van der Waals surface area contributed by atoms with Crippen LogP contribution in [0.3, 0.4) is 0 Å². The number of hydrogen-bond donors (Lipinski definition) is 1. The van der Waals surface area contributed by atoms with Crippen LogP contribution in [0.2, 0.25) is 0 Å². The Labute approximate surface area is 177 Å². The number of nitrogens with zero attached hydrogens (tertiary/aromatic N) is 2. The summed E-state index contributed by atoms with van der Waals surface area (Å²) < 4.78 is -0.108. The van der Waals surface area contributed by atoms with E-state index < -0.39 is 0 Å². The normalized spacial score (nSPS) is 18.2. The molecule has 148 valence electrons. The highest BCUT2D eigenvalue weighted by Crippen LogP contribution is 2.49. The van der Waals surface area contributed by atoms with Crippen molar-refractivity contribution in [2.24, 2.45) is 0 Å².